The van der Waals surface area contributed by atoms with Gasteiger partial charge < -0.3 is 10.6 Å². The average molecular weight is 261 g/mol. The van der Waals surface area contributed by atoms with Crippen LogP contribution in [0.3, 0.4) is 0 Å². The standard InChI is InChI=1S/C15H23N3O/c1-4-16-12-7-8-17-14(9-12)15(19)18-13-6-5-10(2)11(13)3/h7-11,13H,4-6H2,1-3H3,(H,16,17)(H,18,19). The van der Waals surface area contributed by atoms with Crippen molar-refractivity contribution in [2.75, 3.05) is 11.9 Å². The van der Waals surface area contributed by atoms with E-state index in [0.717, 1.165) is 18.7 Å². The third-order valence-electron chi connectivity index (χ3n) is 4.16. The summed E-state index contributed by atoms with van der Waals surface area (Å²) in [6.07, 6.45) is 3.94. The molecule has 104 valence electrons. The van der Waals surface area contributed by atoms with Crippen LogP contribution in [-0.4, -0.2) is 23.5 Å². The highest BCUT2D eigenvalue weighted by atomic mass is 16.1. The van der Waals surface area contributed by atoms with Gasteiger partial charge in [0.1, 0.15) is 5.69 Å². The number of hydrogen-bond acceptors (Lipinski definition) is 3. The molecule has 1 amide bonds. The Bertz CT molecular complexity index is 447. The predicted octanol–water partition coefficient (Wildman–Crippen LogP) is 2.68. The molecule has 0 radical (unpaired) electrons. The molecule has 19 heavy (non-hydrogen) atoms. The van der Waals surface area contributed by atoms with Gasteiger partial charge in [-0.25, -0.2) is 0 Å². The third kappa shape index (κ3) is 3.25. The highest BCUT2D eigenvalue weighted by Crippen LogP contribution is 2.31. The van der Waals surface area contributed by atoms with Gasteiger partial charge in [-0.2, -0.15) is 0 Å². The maximum Gasteiger partial charge on any atom is 0.270 e. The number of hydrogen-bond donors (Lipinski definition) is 2. The van der Waals surface area contributed by atoms with Crippen molar-refractivity contribution in [3.8, 4) is 0 Å². The number of carbonyl (C=O) groups is 1. The normalized spacial score (nSPS) is 26.2. The Balaban J connectivity index is 2.01. The lowest BCUT2D eigenvalue weighted by Gasteiger charge is -2.19. The molecule has 4 heteroatoms. The van der Waals surface area contributed by atoms with E-state index in [2.05, 4.69) is 29.5 Å². The Labute approximate surface area is 115 Å². The van der Waals surface area contributed by atoms with Crippen molar-refractivity contribution in [1.29, 1.82) is 0 Å². The fourth-order valence-corrected chi connectivity index (χ4v) is 2.68. The lowest BCUT2D eigenvalue weighted by atomic mass is 9.98. The molecule has 1 aliphatic carbocycles. The summed E-state index contributed by atoms with van der Waals surface area (Å²) in [5.74, 6) is 1.16. The van der Waals surface area contributed by atoms with Gasteiger partial charge in [0.25, 0.3) is 5.91 Å². The molecule has 3 unspecified atom stereocenters. The lowest BCUT2D eigenvalue weighted by molar-refractivity contribution is 0.0922. The number of nitrogens with zero attached hydrogens (tertiary/aromatic N) is 1. The zero-order chi connectivity index (χ0) is 13.8. The third-order valence-corrected chi connectivity index (χ3v) is 4.16. The summed E-state index contributed by atoms with van der Waals surface area (Å²) in [4.78, 5) is 16.4. The van der Waals surface area contributed by atoms with Gasteiger partial charge in [0.2, 0.25) is 0 Å². The molecule has 3 atom stereocenters. The summed E-state index contributed by atoms with van der Waals surface area (Å²) in [5, 5.41) is 6.31. The molecule has 0 bridgehead atoms. The van der Waals surface area contributed by atoms with Crippen molar-refractivity contribution in [2.24, 2.45) is 11.8 Å². The molecule has 2 rings (SSSR count). The van der Waals surface area contributed by atoms with E-state index in [0.29, 0.717) is 17.5 Å². The maximum absolute atomic E-state index is 12.2. The number of nitrogens with one attached hydrogen (secondary N) is 2. The molecule has 0 saturated heterocycles. The Kier molecular flexibility index (Phi) is 4.40. The Morgan fingerprint density at radius 3 is 2.84 bits per heavy atom. The van der Waals surface area contributed by atoms with Crippen molar-refractivity contribution in [1.82, 2.24) is 10.3 Å². The zero-order valence-corrected chi connectivity index (χ0v) is 11.9. The molecular formula is C15H23N3O. The predicted molar refractivity (Wildman–Crippen MR) is 77.2 cm³/mol. The number of anilines is 1. The summed E-state index contributed by atoms with van der Waals surface area (Å²) < 4.78 is 0. The Morgan fingerprint density at radius 1 is 1.42 bits per heavy atom. The summed E-state index contributed by atoms with van der Waals surface area (Å²) in [6, 6.07) is 3.97. The van der Waals surface area contributed by atoms with Gasteiger partial charge in [-0.3, -0.25) is 9.78 Å². The summed E-state index contributed by atoms with van der Waals surface area (Å²) in [5.41, 5.74) is 1.43. The van der Waals surface area contributed by atoms with E-state index in [4.69, 9.17) is 0 Å². The number of aromatic nitrogens is 1. The number of carbonyl (C=O) groups excluding carboxylic acids is 1. The van der Waals surface area contributed by atoms with Crippen LogP contribution in [0.5, 0.6) is 0 Å². The van der Waals surface area contributed by atoms with Gasteiger partial charge >= 0.3 is 0 Å². The first-order valence-corrected chi connectivity index (χ1v) is 7.12. The molecule has 2 N–H and O–H groups in total. The smallest absolute Gasteiger partial charge is 0.270 e. The molecule has 1 saturated carbocycles. The van der Waals surface area contributed by atoms with E-state index in [1.54, 1.807) is 6.20 Å². The average Bonchev–Trinajstić information content (AvgIpc) is 2.71. The van der Waals surface area contributed by atoms with Crippen LogP contribution in [0.25, 0.3) is 0 Å². The second-order valence-electron chi connectivity index (χ2n) is 5.45. The van der Waals surface area contributed by atoms with Crippen molar-refractivity contribution in [3.63, 3.8) is 0 Å². The maximum atomic E-state index is 12.2. The first kappa shape index (κ1) is 13.8. The second-order valence-corrected chi connectivity index (χ2v) is 5.45. The van der Waals surface area contributed by atoms with E-state index < -0.39 is 0 Å². The second kappa shape index (κ2) is 6.04. The van der Waals surface area contributed by atoms with Gasteiger partial charge in [-0.05, 0) is 43.7 Å². The quantitative estimate of drug-likeness (QED) is 0.876. The topological polar surface area (TPSA) is 54.0 Å². The first-order valence-electron chi connectivity index (χ1n) is 7.12. The molecule has 1 heterocycles. The fourth-order valence-electron chi connectivity index (χ4n) is 2.68. The van der Waals surface area contributed by atoms with E-state index >= 15 is 0 Å². The monoisotopic (exact) mass is 261 g/mol. The van der Waals surface area contributed by atoms with Crippen LogP contribution in [0.2, 0.25) is 0 Å². The largest absolute Gasteiger partial charge is 0.385 e. The highest BCUT2D eigenvalue weighted by molar-refractivity contribution is 5.93. The van der Waals surface area contributed by atoms with Gasteiger partial charge in [-0.15, -0.1) is 0 Å². The van der Waals surface area contributed by atoms with Gasteiger partial charge in [-0.1, -0.05) is 13.8 Å². The Morgan fingerprint density at radius 2 is 2.21 bits per heavy atom. The van der Waals surface area contributed by atoms with E-state index in [-0.39, 0.29) is 11.9 Å². The minimum atomic E-state index is -0.0642. The van der Waals surface area contributed by atoms with Crippen LogP contribution in [0.1, 0.15) is 44.1 Å². The van der Waals surface area contributed by atoms with Crippen LogP contribution in [-0.2, 0) is 0 Å². The Hall–Kier alpha value is -1.58. The van der Waals surface area contributed by atoms with Crippen LogP contribution in [0.4, 0.5) is 5.69 Å². The van der Waals surface area contributed by atoms with Gasteiger partial charge in [0.15, 0.2) is 0 Å². The summed E-state index contributed by atoms with van der Waals surface area (Å²) in [7, 11) is 0. The van der Waals surface area contributed by atoms with Gasteiger partial charge in [0.05, 0.1) is 0 Å². The minimum Gasteiger partial charge on any atom is -0.385 e. The molecule has 1 aromatic heterocycles. The molecule has 1 aromatic rings. The highest BCUT2D eigenvalue weighted by Gasteiger charge is 2.31. The van der Waals surface area contributed by atoms with Crippen molar-refractivity contribution >= 4 is 11.6 Å². The zero-order valence-electron chi connectivity index (χ0n) is 11.9. The van der Waals surface area contributed by atoms with Crippen molar-refractivity contribution < 1.29 is 4.79 Å². The number of amides is 1. The molecule has 0 aliphatic heterocycles. The molecule has 0 spiro atoms. The minimum absolute atomic E-state index is 0.0642. The van der Waals surface area contributed by atoms with Crippen molar-refractivity contribution in [2.45, 2.75) is 39.7 Å². The molecule has 1 fully saturated rings. The molecule has 1 aliphatic rings. The summed E-state index contributed by atoms with van der Waals surface area (Å²) >= 11 is 0. The van der Waals surface area contributed by atoms with Crippen LogP contribution in [0.15, 0.2) is 18.3 Å². The molecule has 4 nitrogen and oxygen atoms in total. The fraction of sp³-hybridized carbons (Fsp3) is 0.600. The molecule has 0 aromatic carbocycles. The number of pyridine rings is 1. The van der Waals surface area contributed by atoms with Crippen LogP contribution in [0, 0.1) is 11.8 Å². The van der Waals surface area contributed by atoms with Crippen LogP contribution >= 0.6 is 0 Å². The number of rotatable bonds is 4. The van der Waals surface area contributed by atoms with Crippen LogP contribution < -0.4 is 10.6 Å². The van der Waals surface area contributed by atoms with E-state index in [9.17, 15) is 4.79 Å². The van der Waals surface area contributed by atoms with Crippen molar-refractivity contribution in [3.05, 3.63) is 24.0 Å². The SMILES string of the molecule is CCNc1ccnc(C(=O)NC2CCC(C)C2C)c1. The summed E-state index contributed by atoms with van der Waals surface area (Å²) in [6.45, 7) is 7.33. The molecular weight excluding hydrogens is 238 g/mol. The lowest BCUT2D eigenvalue weighted by Crippen LogP contribution is -2.37. The first-order chi connectivity index (χ1) is 9.11. The van der Waals surface area contributed by atoms with E-state index in [1.165, 1.54) is 6.42 Å². The van der Waals surface area contributed by atoms with E-state index in [1.807, 2.05) is 19.1 Å². The van der Waals surface area contributed by atoms with Gasteiger partial charge in [0, 0.05) is 24.5 Å².